The number of hydrogen-bond acceptors (Lipinski definition) is 4. The molecule has 5 heteroatoms. The summed E-state index contributed by atoms with van der Waals surface area (Å²) in [5.41, 5.74) is 1.54. The zero-order valence-corrected chi connectivity index (χ0v) is 11.4. The predicted molar refractivity (Wildman–Crippen MR) is 75.7 cm³/mol. The fourth-order valence-electron chi connectivity index (χ4n) is 2.95. The van der Waals surface area contributed by atoms with Crippen molar-refractivity contribution in [3.63, 3.8) is 0 Å². The molecule has 1 saturated heterocycles. The first-order valence-electron chi connectivity index (χ1n) is 7.07. The van der Waals surface area contributed by atoms with Crippen LogP contribution in [-0.4, -0.2) is 42.9 Å². The van der Waals surface area contributed by atoms with Crippen LogP contribution in [-0.2, 0) is 9.53 Å². The standard InChI is InChI=1S/C15H20N2O3/c18-10-15(5-7-20-8-6-15)17-14(19)12-9-16-13-4-2-1-3-11(12)13/h1-4,12,16,18H,5-10H2,(H,17,19). The van der Waals surface area contributed by atoms with Crippen LogP contribution in [0.1, 0.15) is 24.3 Å². The first-order valence-corrected chi connectivity index (χ1v) is 7.07. The lowest BCUT2D eigenvalue weighted by atomic mass is 9.89. The van der Waals surface area contributed by atoms with E-state index >= 15 is 0 Å². The molecule has 1 fully saturated rings. The number of anilines is 1. The van der Waals surface area contributed by atoms with Gasteiger partial charge >= 0.3 is 0 Å². The zero-order valence-electron chi connectivity index (χ0n) is 11.4. The zero-order chi connectivity index (χ0) is 14.0. The van der Waals surface area contributed by atoms with E-state index in [0.717, 1.165) is 11.3 Å². The summed E-state index contributed by atoms with van der Waals surface area (Å²) in [5, 5.41) is 15.9. The molecule has 0 radical (unpaired) electrons. The molecule has 0 saturated carbocycles. The SMILES string of the molecule is O=C(NC1(CO)CCOCC1)C1CNc2ccccc21. The third kappa shape index (κ3) is 2.39. The van der Waals surface area contributed by atoms with Crippen LogP contribution >= 0.6 is 0 Å². The molecule has 1 aromatic carbocycles. The van der Waals surface area contributed by atoms with Crippen molar-refractivity contribution in [2.75, 3.05) is 31.7 Å². The maximum absolute atomic E-state index is 12.5. The second-order valence-corrected chi connectivity index (χ2v) is 5.56. The van der Waals surface area contributed by atoms with Crippen molar-refractivity contribution in [2.24, 2.45) is 0 Å². The van der Waals surface area contributed by atoms with E-state index in [1.54, 1.807) is 0 Å². The lowest BCUT2D eigenvalue weighted by Gasteiger charge is -2.37. The Bertz CT molecular complexity index is 498. The fourth-order valence-corrected chi connectivity index (χ4v) is 2.95. The second kappa shape index (κ2) is 5.42. The molecule has 0 spiro atoms. The van der Waals surface area contributed by atoms with Crippen LogP contribution in [0.2, 0.25) is 0 Å². The number of carbonyl (C=O) groups excluding carboxylic acids is 1. The van der Waals surface area contributed by atoms with Gasteiger partial charge in [-0.15, -0.1) is 0 Å². The number of ether oxygens (including phenoxy) is 1. The van der Waals surface area contributed by atoms with Crippen LogP contribution in [0.15, 0.2) is 24.3 Å². The van der Waals surface area contributed by atoms with Crippen LogP contribution < -0.4 is 10.6 Å². The van der Waals surface area contributed by atoms with Gasteiger partial charge in [0.05, 0.1) is 18.1 Å². The predicted octanol–water partition coefficient (Wildman–Crippen LogP) is 0.853. The summed E-state index contributed by atoms with van der Waals surface area (Å²) in [7, 11) is 0. The molecule has 20 heavy (non-hydrogen) atoms. The average molecular weight is 276 g/mol. The fraction of sp³-hybridized carbons (Fsp3) is 0.533. The molecular formula is C15H20N2O3. The smallest absolute Gasteiger partial charge is 0.229 e. The number of hydrogen-bond donors (Lipinski definition) is 3. The van der Waals surface area contributed by atoms with Crippen LogP contribution in [0, 0.1) is 0 Å². The van der Waals surface area contributed by atoms with Crippen molar-refractivity contribution < 1.29 is 14.6 Å². The monoisotopic (exact) mass is 276 g/mol. The molecule has 0 bridgehead atoms. The van der Waals surface area contributed by atoms with Gasteiger partial charge in [0.25, 0.3) is 0 Å². The largest absolute Gasteiger partial charge is 0.394 e. The number of fused-ring (bicyclic) bond motifs is 1. The number of carbonyl (C=O) groups is 1. The summed E-state index contributed by atoms with van der Waals surface area (Å²) in [6, 6.07) is 7.87. The van der Waals surface area contributed by atoms with E-state index < -0.39 is 5.54 Å². The maximum atomic E-state index is 12.5. The van der Waals surface area contributed by atoms with Gasteiger partial charge in [-0.2, -0.15) is 0 Å². The van der Waals surface area contributed by atoms with Crippen molar-refractivity contribution in [3.8, 4) is 0 Å². The molecule has 1 aromatic rings. The van der Waals surface area contributed by atoms with Gasteiger partial charge in [0.2, 0.25) is 5.91 Å². The Balaban J connectivity index is 1.74. The van der Waals surface area contributed by atoms with Gasteiger partial charge in [0.15, 0.2) is 0 Å². The molecule has 2 aliphatic heterocycles. The Morgan fingerprint density at radius 3 is 2.90 bits per heavy atom. The van der Waals surface area contributed by atoms with Gasteiger partial charge in [0.1, 0.15) is 0 Å². The minimum absolute atomic E-state index is 0.0154. The number of aliphatic hydroxyl groups is 1. The van der Waals surface area contributed by atoms with Gasteiger partial charge in [-0.05, 0) is 24.5 Å². The average Bonchev–Trinajstić information content (AvgIpc) is 2.92. The summed E-state index contributed by atoms with van der Waals surface area (Å²) in [5.74, 6) is -0.198. The van der Waals surface area contributed by atoms with E-state index in [9.17, 15) is 9.90 Å². The van der Waals surface area contributed by atoms with Crippen LogP contribution in [0.4, 0.5) is 5.69 Å². The van der Waals surface area contributed by atoms with E-state index in [-0.39, 0.29) is 18.4 Å². The first kappa shape index (κ1) is 13.4. The number of benzene rings is 1. The van der Waals surface area contributed by atoms with E-state index in [1.807, 2.05) is 24.3 Å². The van der Waals surface area contributed by atoms with E-state index in [2.05, 4.69) is 10.6 Å². The van der Waals surface area contributed by atoms with E-state index in [1.165, 1.54) is 0 Å². The molecule has 0 aliphatic carbocycles. The quantitative estimate of drug-likeness (QED) is 0.765. The molecule has 2 heterocycles. The first-order chi connectivity index (χ1) is 9.74. The maximum Gasteiger partial charge on any atom is 0.229 e. The number of aliphatic hydroxyl groups excluding tert-OH is 1. The van der Waals surface area contributed by atoms with Gasteiger partial charge < -0.3 is 20.5 Å². The highest BCUT2D eigenvalue weighted by atomic mass is 16.5. The molecule has 0 aromatic heterocycles. The molecule has 108 valence electrons. The summed E-state index contributed by atoms with van der Waals surface area (Å²) in [6.07, 6.45) is 1.33. The summed E-state index contributed by atoms with van der Waals surface area (Å²) in [4.78, 5) is 12.5. The van der Waals surface area contributed by atoms with Crippen molar-refractivity contribution in [1.82, 2.24) is 5.32 Å². The number of para-hydroxylation sites is 1. The van der Waals surface area contributed by atoms with Crippen LogP contribution in [0.3, 0.4) is 0 Å². The lowest BCUT2D eigenvalue weighted by molar-refractivity contribution is -0.126. The molecule has 1 atom stereocenters. The summed E-state index contributed by atoms with van der Waals surface area (Å²) >= 11 is 0. The van der Waals surface area contributed by atoms with Crippen molar-refractivity contribution in [1.29, 1.82) is 0 Å². The molecule has 2 aliphatic rings. The highest BCUT2D eigenvalue weighted by Gasteiger charge is 2.37. The summed E-state index contributed by atoms with van der Waals surface area (Å²) < 4.78 is 5.32. The Labute approximate surface area is 118 Å². The van der Waals surface area contributed by atoms with Crippen molar-refractivity contribution in [3.05, 3.63) is 29.8 Å². The van der Waals surface area contributed by atoms with E-state index in [0.29, 0.717) is 32.6 Å². The Morgan fingerprint density at radius 2 is 2.15 bits per heavy atom. The van der Waals surface area contributed by atoms with Gasteiger partial charge in [-0.1, -0.05) is 18.2 Å². The molecule has 5 nitrogen and oxygen atoms in total. The molecule has 1 unspecified atom stereocenters. The number of rotatable bonds is 3. The minimum atomic E-state index is -0.521. The Hall–Kier alpha value is -1.59. The van der Waals surface area contributed by atoms with E-state index in [4.69, 9.17) is 4.74 Å². The van der Waals surface area contributed by atoms with Crippen LogP contribution in [0.5, 0.6) is 0 Å². The van der Waals surface area contributed by atoms with Gasteiger partial charge in [-0.3, -0.25) is 4.79 Å². The minimum Gasteiger partial charge on any atom is -0.394 e. The molecular weight excluding hydrogens is 256 g/mol. The summed E-state index contributed by atoms with van der Waals surface area (Å²) in [6.45, 7) is 1.74. The Kier molecular flexibility index (Phi) is 3.63. The van der Waals surface area contributed by atoms with Crippen LogP contribution in [0.25, 0.3) is 0 Å². The second-order valence-electron chi connectivity index (χ2n) is 5.56. The van der Waals surface area contributed by atoms with Gasteiger partial charge in [-0.25, -0.2) is 0 Å². The third-order valence-electron chi connectivity index (χ3n) is 4.29. The van der Waals surface area contributed by atoms with Crippen molar-refractivity contribution in [2.45, 2.75) is 24.3 Å². The highest BCUT2D eigenvalue weighted by Crippen LogP contribution is 2.32. The third-order valence-corrected chi connectivity index (χ3v) is 4.29. The topological polar surface area (TPSA) is 70.6 Å². The van der Waals surface area contributed by atoms with Gasteiger partial charge in [0, 0.05) is 25.4 Å². The lowest BCUT2D eigenvalue weighted by Crippen LogP contribution is -2.55. The molecule has 3 rings (SSSR count). The number of amides is 1. The van der Waals surface area contributed by atoms with Crippen molar-refractivity contribution >= 4 is 11.6 Å². The molecule has 3 N–H and O–H groups in total. The molecule has 1 amide bonds. The highest BCUT2D eigenvalue weighted by molar-refractivity contribution is 5.88. The Morgan fingerprint density at radius 1 is 1.40 bits per heavy atom. The number of nitrogens with one attached hydrogen (secondary N) is 2. The normalized spacial score (nSPS) is 23.8.